The van der Waals surface area contributed by atoms with Crippen LogP contribution in [0.25, 0.3) is 0 Å². The summed E-state index contributed by atoms with van der Waals surface area (Å²) in [7, 11) is 0. The van der Waals surface area contributed by atoms with Crippen LogP contribution in [-0.4, -0.2) is 42.3 Å². The van der Waals surface area contributed by atoms with E-state index in [1.165, 1.54) is 6.92 Å². The number of nitrogens with one attached hydrogen (secondary N) is 2. The maximum Gasteiger partial charge on any atom is 0.328 e. The van der Waals surface area contributed by atoms with E-state index in [2.05, 4.69) is 15.4 Å². The highest BCUT2D eigenvalue weighted by Crippen LogP contribution is 1.87. The van der Waals surface area contributed by atoms with Crippen LogP contribution in [0.4, 0.5) is 4.79 Å². The maximum absolute atomic E-state index is 11.0. The smallest absolute Gasteiger partial charge is 0.328 e. The van der Waals surface area contributed by atoms with E-state index in [0.717, 1.165) is 0 Å². The van der Waals surface area contributed by atoms with Crippen LogP contribution in [0.3, 0.4) is 0 Å². The van der Waals surface area contributed by atoms with Crippen molar-refractivity contribution in [1.29, 1.82) is 0 Å². The van der Waals surface area contributed by atoms with Crippen LogP contribution in [-0.2, 0) is 14.3 Å². The Bertz CT molecular complexity index is 253. The molecule has 0 aromatic rings. The fraction of sp³-hybridized carbons (Fsp3) is 0.625. The second-order valence-electron chi connectivity index (χ2n) is 2.69. The zero-order valence-electron chi connectivity index (χ0n) is 8.57. The lowest BCUT2D eigenvalue weighted by Gasteiger charge is -2.12. The summed E-state index contributed by atoms with van der Waals surface area (Å²) < 4.78 is 4.63. The molecule has 0 aliphatic rings. The van der Waals surface area contributed by atoms with E-state index < -0.39 is 30.6 Å². The zero-order chi connectivity index (χ0) is 11.8. The van der Waals surface area contributed by atoms with Gasteiger partial charge in [-0.1, -0.05) is 0 Å². The molecule has 0 aliphatic carbocycles. The monoisotopic (exact) mass is 218 g/mol. The molecule has 0 saturated carbocycles. The normalized spacial score (nSPS) is 11.3. The van der Waals surface area contributed by atoms with Crippen molar-refractivity contribution in [1.82, 2.24) is 10.6 Å². The number of esters is 1. The highest BCUT2D eigenvalue weighted by Gasteiger charge is 2.16. The lowest BCUT2D eigenvalue weighted by atomic mass is 10.3. The van der Waals surface area contributed by atoms with Crippen molar-refractivity contribution in [2.24, 2.45) is 0 Å². The van der Waals surface area contributed by atoms with Gasteiger partial charge in [-0.2, -0.15) is 0 Å². The fourth-order valence-corrected chi connectivity index (χ4v) is 0.730. The van der Waals surface area contributed by atoms with Crippen molar-refractivity contribution in [3.05, 3.63) is 0 Å². The van der Waals surface area contributed by atoms with Crippen LogP contribution in [0.5, 0.6) is 0 Å². The van der Waals surface area contributed by atoms with Crippen molar-refractivity contribution in [2.75, 3.05) is 13.2 Å². The van der Waals surface area contributed by atoms with Crippen molar-refractivity contribution in [2.45, 2.75) is 19.9 Å². The number of carboxylic acids is 1. The van der Waals surface area contributed by atoms with Gasteiger partial charge in [0.1, 0.15) is 12.6 Å². The summed E-state index contributed by atoms with van der Waals surface area (Å²) in [6.45, 7) is 2.82. The molecular formula is C8H14N2O5. The molecule has 0 rings (SSSR count). The van der Waals surface area contributed by atoms with Crippen LogP contribution < -0.4 is 10.6 Å². The topological polar surface area (TPSA) is 105 Å². The molecule has 1 atom stereocenters. The van der Waals surface area contributed by atoms with E-state index in [9.17, 15) is 14.4 Å². The highest BCUT2D eigenvalue weighted by atomic mass is 16.5. The lowest BCUT2D eigenvalue weighted by Crippen LogP contribution is -2.46. The Balaban J connectivity index is 3.85. The van der Waals surface area contributed by atoms with E-state index >= 15 is 0 Å². The summed E-state index contributed by atoms with van der Waals surface area (Å²) >= 11 is 0. The van der Waals surface area contributed by atoms with E-state index in [4.69, 9.17) is 5.11 Å². The lowest BCUT2D eigenvalue weighted by molar-refractivity contribution is -0.144. The number of carbonyl (C=O) groups excluding carboxylic acids is 2. The number of carbonyl (C=O) groups is 3. The Kier molecular flexibility index (Phi) is 5.84. The van der Waals surface area contributed by atoms with Gasteiger partial charge >= 0.3 is 18.0 Å². The Morgan fingerprint density at radius 2 is 2.00 bits per heavy atom. The number of hydrogen-bond acceptors (Lipinski definition) is 4. The van der Waals surface area contributed by atoms with E-state index in [1.807, 2.05) is 0 Å². The van der Waals surface area contributed by atoms with Crippen molar-refractivity contribution < 1.29 is 24.2 Å². The predicted molar refractivity (Wildman–Crippen MR) is 50.3 cm³/mol. The third kappa shape index (κ3) is 6.30. The average Bonchev–Trinajstić information content (AvgIpc) is 2.15. The molecule has 0 bridgehead atoms. The average molecular weight is 218 g/mol. The first-order chi connectivity index (χ1) is 6.97. The third-order valence-electron chi connectivity index (χ3n) is 1.39. The van der Waals surface area contributed by atoms with Gasteiger partial charge in [-0.25, -0.2) is 9.59 Å². The maximum atomic E-state index is 11.0. The van der Waals surface area contributed by atoms with Gasteiger partial charge in [0.25, 0.3) is 0 Å². The van der Waals surface area contributed by atoms with E-state index in [1.54, 1.807) is 6.92 Å². The summed E-state index contributed by atoms with van der Waals surface area (Å²) in [4.78, 5) is 32.1. The summed E-state index contributed by atoms with van der Waals surface area (Å²) in [6, 6.07) is -1.53. The minimum atomic E-state index is -1.16. The Labute approximate surface area is 86.8 Å². The quantitative estimate of drug-likeness (QED) is 0.530. The number of amides is 2. The molecule has 0 heterocycles. The fourth-order valence-electron chi connectivity index (χ4n) is 0.730. The molecule has 7 nitrogen and oxygen atoms in total. The highest BCUT2D eigenvalue weighted by molar-refractivity contribution is 5.85. The largest absolute Gasteiger partial charge is 0.480 e. The molecule has 7 heteroatoms. The molecule has 0 radical (unpaired) electrons. The Morgan fingerprint density at radius 1 is 1.40 bits per heavy atom. The molecule has 3 N–H and O–H groups in total. The number of carboxylic acid groups (broad SMARTS) is 1. The number of aliphatic carboxylic acids is 1. The summed E-state index contributed by atoms with van der Waals surface area (Å²) in [5.74, 6) is -1.73. The first kappa shape index (κ1) is 13.2. The number of rotatable bonds is 5. The molecule has 0 aromatic carbocycles. The minimum Gasteiger partial charge on any atom is -0.480 e. The summed E-state index contributed by atoms with van der Waals surface area (Å²) in [5.41, 5.74) is 0. The van der Waals surface area contributed by atoms with Gasteiger partial charge in [0, 0.05) is 0 Å². The standard InChI is InChI=1S/C8H14N2O5/c1-3-15-7(13)5(2)10-8(14)9-4-6(11)12/h5H,3-4H2,1-2H3,(H,11,12)(H2,9,10,14). The van der Waals surface area contributed by atoms with Crippen LogP contribution in [0.1, 0.15) is 13.8 Å². The molecule has 2 amide bonds. The molecule has 86 valence electrons. The van der Waals surface area contributed by atoms with Crippen molar-refractivity contribution >= 4 is 18.0 Å². The van der Waals surface area contributed by atoms with Gasteiger partial charge in [-0.15, -0.1) is 0 Å². The van der Waals surface area contributed by atoms with Gasteiger partial charge in [0.15, 0.2) is 0 Å². The third-order valence-corrected chi connectivity index (χ3v) is 1.39. The Hall–Kier alpha value is -1.79. The van der Waals surface area contributed by atoms with Crippen molar-refractivity contribution in [3.8, 4) is 0 Å². The van der Waals surface area contributed by atoms with Gasteiger partial charge in [-0.3, -0.25) is 4.79 Å². The van der Waals surface area contributed by atoms with Gasteiger partial charge < -0.3 is 20.5 Å². The first-order valence-electron chi connectivity index (χ1n) is 4.40. The molecular weight excluding hydrogens is 204 g/mol. The molecule has 1 unspecified atom stereocenters. The predicted octanol–water partition coefficient (Wildman–Crippen LogP) is -0.678. The van der Waals surface area contributed by atoms with Crippen LogP contribution in [0.15, 0.2) is 0 Å². The minimum absolute atomic E-state index is 0.224. The second-order valence-corrected chi connectivity index (χ2v) is 2.69. The zero-order valence-corrected chi connectivity index (χ0v) is 8.57. The van der Waals surface area contributed by atoms with Gasteiger partial charge in [0.2, 0.25) is 0 Å². The Morgan fingerprint density at radius 3 is 2.47 bits per heavy atom. The van der Waals surface area contributed by atoms with Crippen molar-refractivity contribution in [3.63, 3.8) is 0 Å². The molecule has 0 aromatic heterocycles. The molecule has 0 fully saturated rings. The molecule has 15 heavy (non-hydrogen) atoms. The van der Waals surface area contributed by atoms with E-state index in [-0.39, 0.29) is 6.61 Å². The molecule has 0 saturated heterocycles. The number of urea groups is 1. The van der Waals surface area contributed by atoms with E-state index in [0.29, 0.717) is 0 Å². The van der Waals surface area contributed by atoms with Crippen LogP contribution >= 0.6 is 0 Å². The second kappa shape index (κ2) is 6.63. The van der Waals surface area contributed by atoms with Gasteiger partial charge in [0.05, 0.1) is 6.61 Å². The SMILES string of the molecule is CCOC(=O)C(C)NC(=O)NCC(=O)O. The molecule has 0 spiro atoms. The number of hydrogen-bond donors (Lipinski definition) is 3. The van der Waals surface area contributed by atoms with Crippen LogP contribution in [0.2, 0.25) is 0 Å². The first-order valence-corrected chi connectivity index (χ1v) is 4.40. The van der Waals surface area contributed by atoms with Crippen LogP contribution in [0, 0.1) is 0 Å². The summed E-state index contributed by atoms with van der Waals surface area (Å²) in [6.07, 6.45) is 0. The van der Waals surface area contributed by atoms with Gasteiger partial charge in [-0.05, 0) is 13.8 Å². The number of ether oxygens (including phenoxy) is 1. The summed E-state index contributed by atoms with van der Waals surface area (Å²) in [5, 5.41) is 12.5. The molecule has 0 aliphatic heterocycles.